The van der Waals surface area contributed by atoms with Gasteiger partial charge in [0.2, 0.25) is 0 Å². The van der Waals surface area contributed by atoms with Gasteiger partial charge >= 0.3 is 0 Å². The molecule has 2 nitrogen and oxygen atoms in total. The second kappa shape index (κ2) is 9.32. The molecule has 0 N–H and O–H groups in total. The van der Waals surface area contributed by atoms with E-state index in [1.807, 2.05) is 0 Å². The number of ether oxygens (including phenoxy) is 1. The Balaban J connectivity index is 2.03. The molecule has 124 valence electrons. The third kappa shape index (κ3) is 4.82. The molecule has 0 aliphatic heterocycles. The van der Waals surface area contributed by atoms with Gasteiger partial charge in [-0.2, -0.15) is 0 Å². The van der Waals surface area contributed by atoms with Crippen molar-refractivity contribution in [2.75, 3.05) is 26.2 Å². The molecule has 0 aromatic heterocycles. The van der Waals surface area contributed by atoms with Crippen LogP contribution in [0.4, 0.5) is 0 Å². The van der Waals surface area contributed by atoms with Crippen molar-refractivity contribution in [3.05, 3.63) is 35.4 Å². The van der Waals surface area contributed by atoms with Crippen LogP contribution in [0.1, 0.15) is 63.2 Å². The Hall–Kier alpha value is -0.860. The number of hydrogen-bond donors (Lipinski definition) is 0. The molecule has 0 amide bonds. The molecule has 0 saturated heterocycles. The van der Waals surface area contributed by atoms with Crippen LogP contribution in [-0.4, -0.2) is 31.1 Å². The quantitative estimate of drug-likeness (QED) is 0.672. The van der Waals surface area contributed by atoms with Gasteiger partial charge in [-0.05, 0) is 49.9 Å². The Morgan fingerprint density at radius 1 is 1.09 bits per heavy atom. The maximum Gasteiger partial charge on any atom is 0.0856 e. The van der Waals surface area contributed by atoms with Crippen molar-refractivity contribution < 1.29 is 4.74 Å². The summed E-state index contributed by atoms with van der Waals surface area (Å²) in [5.74, 6) is 0.701. The van der Waals surface area contributed by atoms with Crippen LogP contribution in [0.2, 0.25) is 0 Å². The molecule has 0 bridgehead atoms. The first-order chi connectivity index (χ1) is 10.8. The monoisotopic (exact) mass is 303 g/mol. The minimum absolute atomic E-state index is 0.289. The number of rotatable bonds is 8. The van der Waals surface area contributed by atoms with Crippen molar-refractivity contribution in [2.24, 2.45) is 5.92 Å². The molecule has 1 fully saturated rings. The van der Waals surface area contributed by atoms with Gasteiger partial charge in [-0.3, -0.25) is 0 Å². The first-order valence-electron chi connectivity index (χ1n) is 9.15. The number of nitrogens with zero attached hydrogens (tertiary/aromatic N) is 1. The first kappa shape index (κ1) is 17.5. The second-order valence-corrected chi connectivity index (χ2v) is 6.57. The lowest BCUT2D eigenvalue weighted by Crippen LogP contribution is -2.29. The Morgan fingerprint density at radius 3 is 2.41 bits per heavy atom. The summed E-state index contributed by atoms with van der Waals surface area (Å²) in [6, 6.07) is 8.78. The van der Waals surface area contributed by atoms with E-state index in [9.17, 15) is 0 Å². The fraction of sp³-hybridized carbons (Fsp3) is 0.700. The average Bonchev–Trinajstić information content (AvgIpc) is 2.57. The van der Waals surface area contributed by atoms with Crippen LogP contribution in [-0.2, 0) is 4.74 Å². The van der Waals surface area contributed by atoms with E-state index in [0.717, 1.165) is 26.2 Å². The van der Waals surface area contributed by atoms with Crippen molar-refractivity contribution in [1.82, 2.24) is 4.90 Å². The summed E-state index contributed by atoms with van der Waals surface area (Å²) >= 11 is 0. The highest BCUT2D eigenvalue weighted by Gasteiger charge is 2.26. The summed E-state index contributed by atoms with van der Waals surface area (Å²) in [7, 11) is 0. The van der Waals surface area contributed by atoms with Gasteiger partial charge in [-0.25, -0.2) is 0 Å². The molecule has 1 saturated carbocycles. The van der Waals surface area contributed by atoms with Crippen molar-refractivity contribution in [1.29, 1.82) is 0 Å². The molecular weight excluding hydrogens is 270 g/mol. The molecule has 22 heavy (non-hydrogen) atoms. The zero-order valence-electron chi connectivity index (χ0n) is 14.7. The topological polar surface area (TPSA) is 12.5 Å². The van der Waals surface area contributed by atoms with Gasteiger partial charge in [0, 0.05) is 6.54 Å². The maximum absolute atomic E-state index is 6.44. The third-order valence-electron chi connectivity index (χ3n) is 5.17. The van der Waals surface area contributed by atoms with E-state index in [-0.39, 0.29) is 6.10 Å². The van der Waals surface area contributed by atoms with Gasteiger partial charge in [0.05, 0.1) is 12.7 Å². The zero-order valence-corrected chi connectivity index (χ0v) is 14.7. The molecule has 0 spiro atoms. The first-order valence-corrected chi connectivity index (χ1v) is 9.15. The van der Waals surface area contributed by atoms with Gasteiger partial charge in [-0.1, -0.05) is 57.4 Å². The van der Waals surface area contributed by atoms with Crippen LogP contribution in [0.3, 0.4) is 0 Å². The number of likely N-dealkylation sites (N-methyl/N-ethyl adjacent to an activating group) is 1. The SMILES string of the molecule is CCN(CC)CCO[C@@H](c1ccccc1C)C1CCCCC1. The normalized spacial score (nSPS) is 17.8. The molecule has 0 radical (unpaired) electrons. The fourth-order valence-electron chi connectivity index (χ4n) is 3.67. The van der Waals surface area contributed by atoms with Crippen molar-refractivity contribution in [2.45, 2.75) is 59.0 Å². The Kier molecular flexibility index (Phi) is 7.41. The number of aryl methyl sites for hydroxylation is 1. The van der Waals surface area contributed by atoms with E-state index in [1.165, 1.54) is 43.2 Å². The Labute approximate surface area is 136 Å². The van der Waals surface area contributed by atoms with Crippen molar-refractivity contribution >= 4 is 0 Å². The summed E-state index contributed by atoms with van der Waals surface area (Å²) in [5.41, 5.74) is 2.79. The average molecular weight is 303 g/mol. The van der Waals surface area contributed by atoms with E-state index < -0.39 is 0 Å². The van der Waals surface area contributed by atoms with Gasteiger partial charge in [-0.15, -0.1) is 0 Å². The van der Waals surface area contributed by atoms with E-state index in [4.69, 9.17) is 4.74 Å². The maximum atomic E-state index is 6.44. The molecule has 2 heteroatoms. The van der Waals surface area contributed by atoms with Crippen LogP contribution in [0.25, 0.3) is 0 Å². The van der Waals surface area contributed by atoms with Gasteiger partial charge in [0.1, 0.15) is 0 Å². The molecule has 1 aromatic rings. The molecule has 1 aliphatic carbocycles. The Bertz CT molecular complexity index is 421. The lowest BCUT2D eigenvalue weighted by molar-refractivity contribution is -0.0103. The zero-order chi connectivity index (χ0) is 15.8. The molecule has 0 heterocycles. The van der Waals surface area contributed by atoms with E-state index in [0.29, 0.717) is 5.92 Å². The summed E-state index contributed by atoms with van der Waals surface area (Å²) in [6.45, 7) is 10.8. The number of hydrogen-bond acceptors (Lipinski definition) is 2. The molecule has 2 rings (SSSR count). The highest BCUT2D eigenvalue weighted by Crippen LogP contribution is 2.37. The standard InChI is InChI=1S/C20H33NO/c1-4-21(5-2)15-16-22-20(18-12-7-6-8-13-18)19-14-10-9-11-17(19)3/h9-11,14,18,20H,4-8,12-13,15-16H2,1-3H3/t20-/m1/s1. The van der Waals surface area contributed by atoms with E-state index in [2.05, 4.69) is 49.9 Å². The van der Waals surface area contributed by atoms with E-state index in [1.54, 1.807) is 0 Å². The lowest BCUT2D eigenvalue weighted by atomic mass is 9.81. The second-order valence-electron chi connectivity index (χ2n) is 6.57. The van der Waals surface area contributed by atoms with Crippen LogP contribution >= 0.6 is 0 Å². The van der Waals surface area contributed by atoms with Crippen LogP contribution in [0.5, 0.6) is 0 Å². The minimum Gasteiger partial charge on any atom is -0.372 e. The van der Waals surface area contributed by atoms with Crippen LogP contribution in [0.15, 0.2) is 24.3 Å². The minimum atomic E-state index is 0.289. The highest BCUT2D eigenvalue weighted by atomic mass is 16.5. The predicted octanol–water partition coefficient (Wildman–Crippen LogP) is 4.97. The highest BCUT2D eigenvalue weighted by molar-refractivity contribution is 5.28. The molecular formula is C20H33NO. The predicted molar refractivity (Wildman–Crippen MR) is 94.2 cm³/mol. The largest absolute Gasteiger partial charge is 0.372 e. The summed E-state index contributed by atoms with van der Waals surface area (Å²) in [5, 5.41) is 0. The van der Waals surface area contributed by atoms with Crippen LogP contribution in [0, 0.1) is 12.8 Å². The molecule has 1 aromatic carbocycles. The molecule has 1 atom stereocenters. The smallest absolute Gasteiger partial charge is 0.0856 e. The van der Waals surface area contributed by atoms with Gasteiger partial charge in [0.25, 0.3) is 0 Å². The summed E-state index contributed by atoms with van der Waals surface area (Å²) in [6.07, 6.45) is 7.07. The van der Waals surface area contributed by atoms with Gasteiger partial charge < -0.3 is 9.64 Å². The summed E-state index contributed by atoms with van der Waals surface area (Å²) in [4.78, 5) is 2.44. The third-order valence-corrected chi connectivity index (χ3v) is 5.17. The lowest BCUT2D eigenvalue weighted by Gasteiger charge is -2.32. The van der Waals surface area contributed by atoms with E-state index >= 15 is 0 Å². The molecule has 0 unspecified atom stereocenters. The van der Waals surface area contributed by atoms with Gasteiger partial charge in [0.15, 0.2) is 0 Å². The number of benzene rings is 1. The van der Waals surface area contributed by atoms with Crippen LogP contribution < -0.4 is 0 Å². The summed E-state index contributed by atoms with van der Waals surface area (Å²) < 4.78 is 6.44. The molecule has 1 aliphatic rings. The van der Waals surface area contributed by atoms with Crippen molar-refractivity contribution in [3.63, 3.8) is 0 Å². The fourth-order valence-corrected chi connectivity index (χ4v) is 3.67. The van der Waals surface area contributed by atoms with Crippen molar-refractivity contribution in [3.8, 4) is 0 Å². The Morgan fingerprint density at radius 2 is 1.77 bits per heavy atom.